The number of aromatic nitrogens is 5. The quantitative estimate of drug-likeness (QED) is 0.864. The van der Waals surface area contributed by atoms with E-state index in [-0.39, 0.29) is 5.41 Å². The predicted molar refractivity (Wildman–Crippen MR) is 67.2 cm³/mol. The average Bonchev–Trinajstić information content (AvgIpc) is 2.86. The summed E-state index contributed by atoms with van der Waals surface area (Å²) >= 11 is 1.40. The SMILES string of the molecule is CC(C)(C)c1nsc(NCCc2ncn[nH]2)n1. The number of hydrogen-bond donors (Lipinski definition) is 2. The van der Waals surface area contributed by atoms with E-state index in [0.29, 0.717) is 0 Å². The van der Waals surface area contributed by atoms with Gasteiger partial charge >= 0.3 is 0 Å². The normalized spacial score (nSPS) is 11.7. The highest BCUT2D eigenvalue weighted by atomic mass is 32.1. The summed E-state index contributed by atoms with van der Waals surface area (Å²) in [6.07, 6.45) is 2.31. The Labute approximate surface area is 104 Å². The van der Waals surface area contributed by atoms with Crippen LogP contribution in [0.15, 0.2) is 6.33 Å². The Kier molecular flexibility index (Phi) is 3.37. The van der Waals surface area contributed by atoms with Gasteiger partial charge in [0, 0.05) is 29.9 Å². The maximum Gasteiger partial charge on any atom is 0.202 e. The van der Waals surface area contributed by atoms with Crippen LogP contribution in [0.1, 0.15) is 32.4 Å². The molecule has 2 aromatic heterocycles. The summed E-state index contributed by atoms with van der Waals surface area (Å²) in [6.45, 7) is 7.09. The van der Waals surface area contributed by atoms with Crippen molar-refractivity contribution < 1.29 is 0 Å². The summed E-state index contributed by atoms with van der Waals surface area (Å²) in [5.41, 5.74) is 0.00135. The summed E-state index contributed by atoms with van der Waals surface area (Å²) in [6, 6.07) is 0. The van der Waals surface area contributed by atoms with E-state index in [1.807, 2.05) is 0 Å². The van der Waals surface area contributed by atoms with Crippen molar-refractivity contribution in [3.05, 3.63) is 18.0 Å². The van der Waals surface area contributed by atoms with Crippen LogP contribution in [0.3, 0.4) is 0 Å². The van der Waals surface area contributed by atoms with Crippen molar-refractivity contribution in [2.24, 2.45) is 0 Å². The summed E-state index contributed by atoms with van der Waals surface area (Å²) in [5, 5.41) is 10.7. The van der Waals surface area contributed by atoms with Crippen molar-refractivity contribution in [2.45, 2.75) is 32.6 Å². The number of rotatable bonds is 4. The van der Waals surface area contributed by atoms with Gasteiger partial charge in [0.15, 0.2) is 0 Å². The van der Waals surface area contributed by atoms with Gasteiger partial charge in [0.25, 0.3) is 0 Å². The molecule has 0 aromatic carbocycles. The molecule has 6 nitrogen and oxygen atoms in total. The van der Waals surface area contributed by atoms with Gasteiger partial charge in [-0.25, -0.2) is 9.97 Å². The smallest absolute Gasteiger partial charge is 0.202 e. The van der Waals surface area contributed by atoms with Crippen LogP contribution in [0, 0.1) is 0 Å². The zero-order valence-corrected chi connectivity index (χ0v) is 11.0. The van der Waals surface area contributed by atoms with Crippen molar-refractivity contribution in [3.8, 4) is 0 Å². The van der Waals surface area contributed by atoms with Gasteiger partial charge < -0.3 is 5.32 Å². The van der Waals surface area contributed by atoms with Crippen molar-refractivity contribution in [1.82, 2.24) is 24.5 Å². The summed E-state index contributed by atoms with van der Waals surface area (Å²) in [5.74, 6) is 1.75. The fraction of sp³-hybridized carbons (Fsp3) is 0.600. The topological polar surface area (TPSA) is 79.4 Å². The van der Waals surface area contributed by atoms with Crippen molar-refractivity contribution in [3.63, 3.8) is 0 Å². The maximum atomic E-state index is 4.45. The molecular weight excluding hydrogens is 236 g/mol. The van der Waals surface area contributed by atoms with E-state index in [4.69, 9.17) is 0 Å². The molecule has 0 saturated carbocycles. The molecule has 0 aliphatic carbocycles. The first kappa shape index (κ1) is 12.0. The van der Waals surface area contributed by atoms with Gasteiger partial charge in [-0.2, -0.15) is 9.47 Å². The van der Waals surface area contributed by atoms with Gasteiger partial charge in [0.2, 0.25) is 5.13 Å². The molecule has 92 valence electrons. The highest BCUT2D eigenvalue weighted by Gasteiger charge is 2.19. The summed E-state index contributed by atoms with van der Waals surface area (Å²) in [7, 11) is 0. The van der Waals surface area contributed by atoms with Gasteiger partial charge in [-0.3, -0.25) is 5.10 Å². The number of nitrogens with one attached hydrogen (secondary N) is 2. The van der Waals surface area contributed by atoms with Crippen LogP contribution >= 0.6 is 11.5 Å². The average molecular weight is 252 g/mol. The zero-order chi connectivity index (χ0) is 12.3. The molecule has 0 radical (unpaired) electrons. The number of aromatic amines is 1. The van der Waals surface area contributed by atoms with Crippen LogP contribution in [-0.2, 0) is 11.8 Å². The maximum absolute atomic E-state index is 4.45. The molecule has 0 bridgehead atoms. The standard InChI is InChI=1S/C10H16N6S/c1-10(2,3)8-14-9(17-16-8)11-5-4-7-12-6-13-15-7/h6H,4-5H2,1-3H3,(H,11,14,16)(H,12,13,15). The van der Waals surface area contributed by atoms with Crippen LogP contribution in [0.4, 0.5) is 5.13 Å². The second-order valence-corrected chi connectivity index (χ2v) is 5.53. The summed E-state index contributed by atoms with van der Waals surface area (Å²) < 4.78 is 4.34. The minimum atomic E-state index is 0.00135. The molecule has 0 aliphatic heterocycles. The molecule has 2 rings (SSSR count). The molecule has 0 fully saturated rings. The van der Waals surface area contributed by atoms with E-state index in [2.05, 4.69) is 50.6 Å². The molecule has 0 saturated heterocycles. The molecule has 0 spiro atoms. The van der Waals surface area contributed by atoms with E-state index in [1.54, 1.807) is 0 Å². The molecule has 0 aliphatic rings. The molecule has 2 heterocycles. The monoisotopic (exact) mass is 252 g/mol. The fourth-order valence-corrected chi connectivity index (χ4v) is 2.02. The zero-order valence-electron chi connectivity index (χ0n) is 10.2. The Bertz CT molecular complexity index is 455. The second kappa shape index (κ2) is 4.79. The van der Waals surface area contributed by atoms with E-state index in [1.165, 1.54) is 17.9 Å². The van der Waals surface area contributed by atoms with Gasteiger partial charge in [-0.15, -0.1) is 0 Å². The van der Waals surface area contributed by atoms with Crippen molar-refractivity contribution >= 4 is 16.7 Å². The highest BCUT2D eigenvalue weighted by Crippen LogP contribution is 2.22. The molecule has 2 N–H and O–H groups in total. The third kappa shape index (κ3) is 3.23. The van der Waals surface area contributed by atoms with E-state index in [9.17, 15) is 0 Å². The minimum Gasteiger partial charge on any atom is -0.360 e. The number of nitrogens with zero attached hydrogens (tertiary/aromatic N) is 4. The number of anilines is 1. The molecule has 7 heteroatoms. The Morgan fingerprint density at radius 1 is 1.41 bits per heavy atom. The third-order valence-electron chi connectivity index (χ3n) is 2.20. The first-order chi connectivity index (χ1) is 8.05. The number of H-pyrrole nitrogens is 1. The Morgan fingerprint density at radius 3 is 2.82 bits per heavy atom. The van der Waals surface area contributed by atoms with Crippen LogP contribution in [-0.4, -0.2) is 31.1 Å². The van der Waals surface area contributed by atoms with Crippen LogP contribution in [0.5, 0.6) is 0 Å². The Hall–Kier alpha value is -1.50. The first-order valence-electron chi connectivity index (χ1n) is 5.48. The minimum absolute atomic E-state index is 0.00135. The van der Waals surface area contributed by atoms with Crippen molar-refractivity contribution in [2.75, 3.05) is 11.9 Å². The van der Waals surface area contributed by atoms with Crippen LogP contribution < -0.4 is 5.32 Å². The first-order valence-corrected chi connectivity index (χ1v) is 6.25. The fourth-order valence-electron chi connectivity index (χ4n) is 1.24. The van der Waals surface area contributed by atoms with Crippen LogP contribution in [0.25, 0.3) is 0 Å². The lowest BCUT2D eigenvalue weighted by Gasteiger charge is -2.12. The lowest BCUT2D eigenvalue weighted by molar-refractivity contribution is 0.555. The lowest BCUT2D eigenvalue weighted by Crippen LogP contribution is -2.13. The molecule has 0 unspecified atom stereocenters. The Morgan fingerprint density at radius 2 is 2.24 bits per heavy atom. The largest absolute Gasteiger partial charge is 0.360 e. The Balaban J connectivity index is 1.85. The van der Waals surface area contributed by atoms with E-state index in [0.717, 1.165) is 29.7 Å². The molecule has 0 atom stereocenters. The highest BCUT2D eigenvalue weighted by molar-refractivity contribution is 7.09. The van der Waals surface area contributed by atoms with Gasteiger partial charge in [-0.1, -0.05) is 20.8 Å². The van der Waals surface area contributed by atoms with Crippen LogP contribution in [0.2, 0.25) is 0 Å². The summed E-state index contributed by atoms with van der Waals surface area (Å²) in [4.78, 5) is 8.50. The molecule has 17 heavy (non-hydrogen) atoms. The second-order valence-electron chi connectivity index (χ2n) is 4.78. The van der Waals surface area contributed by atoms with E-state index >= 15 is 0 Å². The lowest BCUT2D eigenvalue weighted by atomic mass is 9.96. The number of hydrogen-bond acceptors (Lipinski definition) is 6. The van der Waals surface area contributed by atoms with E-state index < -0.39 is 0 Å². The molecule has 0 amide bonds. The third-order valence-corrected chi connectivity index (χ3v) is 2.87. The predicted octanol–water partition coefficient (Wildman–Crippen LogP) is 1.61. The van der Waals surface area contributed by atoms with Gasteiger partial charge in [0.1, 0.15) is 18.0 Å². The molecule has 2 aromatic rings. The van der Waals surface area contributed by atoms with Gasteiger partial charge in [0.05, 0.1) is 0 Å². The molecular formula is C10H16N6S. The van der Waals surface area contributed by atoms with Crippen molar-refractivity contribution in [1.29, 1.82) is 0 Å². The van der Waals surface area contributed by atoms with Gasteiger partial charge in [-0.05, 0) is 0 Å².